The van der Waals surface area contributed by atoms with Crippen molar-refractivity contribution in [3.05, 3.63) is 35.6 Å². The SMILES string of the molecule is Cc1nc2ccc(-c3c[nH]c4nc(NCC(C)(C)F)ncc34)cc2s1. The van der Waals surface area contributed by atoms with Crippen molar-refractivity contribution in [1.29, 1.82) is 0 Å². The molecule has 3 aromatic heterocycles. The average Bonchev–Trinajstić information content (AvgIpc) is 3.13. The van der Waals surface area contributed by atoms with Gasteiger partial charge in [-0.15, -0.1) is 11.3 Å². The number of hydrogen-bond donors (Lipinski definition) is 2. The third-order valence-corrected chi connectivity index (χ3v) is 4.84. The topological polar surface area (TPSA) is 66.5 Å². The number of aryl methyl sites for hydroxylation is 1. The molecule has 0 bridgehead atoms. The summed E-state index contributed by atoms with van der Waals surface area (Å²) in [6.07, 6.45) is 3.70. The van der Waals surface area contributed by atoms with Gasteiger partial charge in [0.25, 0.3) is 0 Å². The molecule has 0 atom stereocenters. The predicted molar refractivity (Wildman–Crippen MR) is 101 cm³/mol. The zero-order valence-corrected chi connectivity index (χ0v) is 15.0. The van der Waals surface area contributed by atoms with Gasteiger partial charge in [0, 0.05) is 23.3 Å². The summed E-state index contributed by atoms with van der Waals surface area (Å²) in [4.78, 5) is 16.4. The van der Waals surface area contributed by atoms with Crippen LogP contribution in [-0.4, -0.2) is 32.1 Å². The Hall–Kier alpha value is -2.54. The van der Waals surface area contributed by atoms with Gasteiger partial charge in [0.1, 0.15) is 11.3 Å². The van der Waals surface area contributed by atoms with Gasteiger partial charge in [-0.2, -0.15) is 4.98 Å². The number of rotatable bonds is 4. The summed E-state index contributed by atoms with van der Waals surface area (Å²) in [7, 11) is 0. The molecule has 0 spiro atoms. The summed E-state index contributed by atoms with van der Waals surface area (Å²) in [5, 5.41) is 4.92. The number of benzene rings is 1. The van der Waals surface area contributed by atoms with Gasteiger partial charge in [-0.05, 0) is 38.5 Å². The van der Waals surface area contributed by atoms with Gasteiger partial charge in [0.15, 0.2) is 0 Å². The standard InChI is InChI=1S/C18H18FN5S/c1-10-23-14-5-4-11(6-15(14)25-10)12-7-20-16-13(12)8-21-17(24-16)22-9-18(2,3)19/h4-8H,9H2,1-3H3,(H2,20,21,22,24). The molecule has 0 aliphatic heterocycles. The number of H-pyrrole nitrogens is 1. The largest absolute Gasteiger partial charge is 0.351 e. The molecule has 5 nitrogen and oxygen atoms in total. The molecular formula is C18H18FN5S. The first-order chi connectivity index (χ1) is 11.9. The van der Waals surface area contributed by atoms with Crippen molar-refractivity contribution in [2.24, 2.45) is 0 Å². The van der Waals surface area contributed by atoms with Crippen molar-refractivity contribution in [2.75, 3.05) is 11.9 Å². The number of fused-ring (bicyclic) bond motifs is 2. The lowest BCUT2D eigenvalue weighted by molar-refractivity contribution is 0.234. The Morgan fingerprint density at radius 2 is 2.12 bits per heavy atom. The number of anilines is 1. The van der Waals surface area contributed by atoms with Gasteiger partial charge in [-0.1, -0.05) is 6.07 Å². The van der Waals surface area contributed by atoms with Crippen LogP contribution in [-0.2, 0) is 0 Å². The highest BCUT2D eigenvalue weighted by Gasteiger charge is 2.16. The van der Waals surface area contributed by atoms with Crippen molar-refractivity contribution in [1.82, 2.24) is 19.9 Å². The van der Waals surface area contributed by atoms with Crippen molar-refractivity contribution >= 4 is 38.5 Å². The van der Waals surface area contributed by atoms with Crippen LogP contribution >= 0.6 is 11.3 Å². The molecular weight excluding hydrogens is 337 g/mol. The third kappa shape index (κ3) is 3.19. The second kappa shape index (κ2) is 5.77. The molecule has 4 aromatic rings. The van der Waals surface area contributed by atoms with Crippen LogP contribution in [0.3, 0.4) is 0 Å². The number of nitrogens with one attached hydrogen (secondary N) is 2. The van der Waals surface area contributed by atoms with E-state index >= 15 is 0 Å². The molecule has 25 heavy (non-hydrogen) atoms. The van der Waals surface area contributed by atoms with E-state index in [1.54, 1.807) is 17.5 Å². The van der Waals surface area contributed by atoms with Crippen LogP contribution in [0.1, 0.15) is 18.9 Å². The maximum absolute atomic E-state index is 13.6. The summed E-state index contributed by atoms with van der Waals surface area (Å²) in [5.41, 5.74) is 2.56. The molecule has 0 fully saturated rings. The van der Waals surface area contributed by atoms with Crippen molar-refractivity contribution in [3.8, 4) is 11.1 Å². The maximum atomic E-state index is 13.6. The summed E-state index contributed by atoms with van der Waals surface area (Å²) in [6, 6.07) is 6.23. The summed E-state index contributed by atoms with van der Waals surface area (Å²) >= 11 is 1.68. The first-order valence-electron chi connectivity index (χ1n) is 8.03. The molecule has 7 heteroatoms. The quantitative estimate of drug-likeness (QED) is 0.557. The highest BCUT2D eigenvalue weighted by molar-refractivity contribution is 7.18. The minimum absolute atomic E-state index is 0.160. The summed E-state index contributed by atoms with van der Waals surface area (Å²) < 4.78 is 14.8. The second-order valence-corrected chi connectivity index (χ2v) is 7.88. The number of nitrogens with zero attached hydrogens (tertiary/aromatic N) is 3. The Bertz CT molecular complexity index is 1060. The average molecular weight is 355 g/mol. The molecule has 1 aromatic carbocycles. The van der Waals surface area contributed by atoms with E-state index < -0.39 is 5.67 Å². The normalized spacial score (nSPS) is 12.2. The Morgan fingerprint density at radius 1 is 1.28 bits per heavy atom. The highest BCUT2D eigenvalue weighted by atomic mass is 32.1. The highest BCUT2D eigenvalue weighted by Crippen LogP contribution is 2.32. The predicted octanol–water partition coefficient (Wildman–Crippen LogP) is 4.70. The summed E-state index contributed by atoms with van der Waals surface area (Å²) in [5.74, 6) is 0.417. The van der Waals surface area contributed by atoms with E-state index in [0.29, 0.717) is 5.95 Å². The maximum Gasteiger partial charge on any atom is 0.224 e. The lowest BCUT2D eigenvalue weighted by atomic mass is 10.1. The third-order valence-electron chi connectivity index (χ3n) is 3.91. The van der Waals surface area contributed by atoms with E-state index in [1.165, 1.54) is 13.8 Å². The Labute approximate surface area is 148 Å². The second-order valence-electron chi connectivity index (χ2n) is 6.65. The van der Waals surface area contributed by atoms with Gasteiger partial charge in [0.2, 0.25) is 5.95 Å². The van der Waals surface area contributed by atoms with Crippen LogP contribution in [0.4, 0.5) is 10.3 Å². The van der Waals surface area contributed by atoms with Crippen LogP contribution in [0.15, 0.2) is 30.6 Å². The van der Waals surface area contributed by atoms with Crippen molar-refractivity contribution < 1.29 is 4.39 Å². The van der Waals surface area contributed by atoms with E-state index in [0.717, 1.165) is 37.4 Å². The molecule has 0 saturated carbocycles. The molecule has 2 N–H and O–H groups in total. The molecule has 0 radical (unpaired) electrons. The molecule has 128 valence electrons. The number of thiazole rings is 1. The zero-order chi connectivity index (χ0) is 17.6. The van der Waals surface area contributed by atoms with Gasteiger partial charge in [-0.25, -0.2) is 14.4 Å². The fourth-order valence-electron chi connectivity index (χ4n) is 2.73. The number of halogens is 1. The lowest BCUT2D eigenvalue weighted by Crippen LogP contribution is -2.25. The fraction of sp³-hybridized carbons (Fsp3) is 0.278. The molecule has 0 saturated heterocycles. The molecule has 0 aliphatic rings. The van der Waals surface area contributed by atoms with E-state index in [4.69, 9.17) is 0 Å². The Morgan fingerprint density at radius 3 is 2.92 bits per heavy atom. The first-order valence-corrected chi connectivity index (χ1v) is 8.85. The first kappa shape index (κ1) is 16.0. The van der Waals surface area contributed by atoms with E-state index in [9.17, 15) is 4.39 Å². The molecule has 0 amide bonds. The van der Waals surface area contributed by atoms with Crippen LogP contribution in [0.2, 0.25) is 0 Å². The minimum Gasteiger partial charge on any atom is -0.351 e. The Balaban J connectivity index is 1.70. The van der Waals surface area contributed by atoms with Gasteiger partial charge in [-0.3, -0.25) is 0 Å². The smallest absolute Gasteiger partial charge is 0.224 e. The van der Waals surface area contributed by atoms with Crippen molar-refractivity contribution in [2.45, 2.75) is 26.4 Å². The van der Waals surface area contributed by atoms with Crippen LogP contribution in [0, 0.1) is 6.92 Å². The minimum atomic E-state index is -1.32. The number of aromatic amines is 1. The van der Waals surface area contributed by atoms with Crippen LogP contribution in [0.25, 0.3) is 32.4 Å². The number of aromatic nitrogens is 4. The monoisotopic (exact) mass is 355 g/mol. The Kier molecular flexibility index (Phi) is 3.68. The van der Waals surface area contributed by atoms with E-state index in [1.807, 2.05) is 19.2 Å². The fourth-order valence-corrected chi connectivity index (χ4v) is 3.59. The van der Waals surface area contributed by atoms with Gasteiger partial charge in [0.05, 0.1) is 21.8 Å². The van der Waals surface area contributed by atoms with E-state index in [2.05, 4.69) is 37.4 Å². The lowest BCUT2D eigenvalue weighted by Gasteiger charge is -2.14. The molecule has 3 heterocycles. The van der Waals surface area contributed by atoms with Gasteiger partial charge < -0.3 is 10.3 Å². The molecule has 4 rings (SSSR count). The number of hydrogen-bond acceptors (Lipinski definition) is 5. The number of alkyl halides is 1. The molecule has 0 aliphatic carbocycles. The van der Waals surface area contributed by atoms with Crippen molar-refractivity contribution in [3.63, 3.8) is 0 Å². The van der Waals surface area contributed by atoms with E-state index in [-0.39, 0.29) is 6.54 Å². The van der Waals surface area contributed by atoms with Crippen LogP contribution in [0.5, 0.6) is 0 Å². The summed E-state index contributed by atoms with van der Waals surface area (Å²) in [6.45, 7) is 5.20. The zero-order valence-electron chi connectivity index (χ0n) is 14.2. The van der Waals surface area contributed by atoms with Crippen LogP contribution < -0.4 is 5.32 Å². The molecule has 0 unspecified atom stereocenters. The van der Waals surface area contributed by atoms with Gasteiger partial charge >= 0.3 is 0 Å².